The molecule has 5 N–H and O–H groups in total. The third-order valence-electron chi connectivity index (χ3n) is 6.69. The summed E-state index contributed by atoms with van der Waals surface area (Å²) in [4.78, 5) is 54.2. The first-order chi connectivity index (χ1) is 16.6. The summed E-state index contributed by atoms with van der Waals surface area (Å²) in [6.45, 7) is 4.61. The Morgan fingerprint density at radius 1 is 1.03 bits per heavy atom. The van der Waals surface area contributed by atoms with Crippen molar-refractivity contribution in [2.75, 3.05) is 13.1 Å². The van der Waals surface area contributed by atoms with Crippen molar-refractivity contribution >= 4 is 23.7 Å². The summed E-state index contributed by atoms with van der Waals surface area (Å²) in [5.74, 6) is -1.95. The van der Waals surface area contributed by atoms with Crippen LogP contribution in [0.5, 0.6) is 5.75 Å². The highest BCUT2D eigenvalue weighted by Crippen LogP contribution is 2.26. The number of amides is 3. The molecule has 2 aliphatic heterocycles. The lowest BCUT2D eigenvalue weighted by molar-refractivity contribution is -0.152. The molecule has 0 aliphatic carbocycles. The second-order valence-corrected chi connectivity index (χ2v) is 9.89. The van der Waals surface area contributed by atoms with Gasteiger partial charge in [0, 0.05) is 19.5 Å². The number of carboxylic acids is 1. The van der Waals surface area contributed by atoms with Crippen LogP contribution in [0.1, 0.15) is 51.5 Å². The number of carbonyl (C=O) groups is 4. The minimum atomic E-state index is -1.04. The van der Waals surface area contributed by atoms with Gasteiger partial charge in [0.25, 0.3) is 0 Å². The van der Waals surface area contributed by atoms with Gasteiger partial charge >= 0.3 is 5.97 Å². The Bertz CT molecular complexity index is 934. The topological polar surface area (TPSA) is 153 Å². The third-order valence-corrected chi connectivity index (χ3v) is 6.69. The van der Waals surface area contributed by atoms with Crippen molar-refractivity contribution in [1.29, 1.82) is 0 Å². The number of nitrogens with zero attached hydrogens (tertiary/aromatic N) is 2. The molecular weight excluding hydrogens is 452 g/mol. The van der Waals surface area contributed by atoms with Gasteiger partial charge in [-0.3, -0.25) is 14.4 Å². The zero-order valence-corrected chi connectivity index (χ0v) is 20.4. The minimum Gasteiger partial charge on any atom is -0.508 e. The second-order valence-electron chi connectivity index (χ2n) is 9.89. The van der Waals surface area contributed by atoms with Crippen LogP contribution in [0.3, 0.4) is 0 Å². The van der Waals surface area contributed by atoms with Gasteiger partial charge in [-0.2, -0.15) is 0 Å². The average Bonchev–Trinajstić information content (AvgIpc) is 3.48. The van der Waals surface area contributed by atoms with E-state index >= 15 is 0 Å². The zero-order valence-electron chi connectivity index (χ0n) is 20.4. The Balaban J connectivity index is 1.80. The summed E-state index contributed by atoms with van der Waals surface area (Å²) in [5.41, 5.74) is 6.78. The molecule has 10 nitrogen and oxygen atoms in total. The summed E-state index contributed by atoms with van der Waals surface area (Å²) in [7, 11) is 0. The molecule has 3 amide bonds. The summed E-state index contributed by atoms with van der Waals surface area (Å²) in [6.07, 6.45) is 2.69. The summed E-state index contributed by atoms with van der Waals surface area (Å²) in [6, 6.07) is 2.99. The van der Waals surface area contributed by atoms with E-state index in [-0.39, 0.29) is 24.0 Å². The van der Waals surface area contributed by atoms with E-state index < -0.39 is 42.0 Å². The van der Waals surface area contributed by atoms with Crippen LogP contribution in [0.25, 0.3) is 0 Å². The van der Waals surface area contributed by atoms with Crippen LogP contribution < -0.4 is 11.1 Å². The van der Waals surface area contributed by atoms with Crippen molar-refractivity contribution in [3.63, 3.8) is 0 Å². The zero-order chi connectivity index (χ0) is 25.7. The maximum Gasteiger partial charge on any atom is 0.326 e. The van der Waals surface area contributed by atoms with E-state index in [1.165, 1.54) is 21.9 Å². The van der Waals surface area contributed by atoms with E-state index in [0.717, 1.165) is 5.56 Å². The lowest BCUT2D eigenvalue weighted by Crippen LogP contribution is -2.57. The van der Waals surface area contributed by atoms with Crippen molar-refractivity contribution in [2.24, 2.45) is 11.7 Å². The summed E-state index contributed by atoms with van der Waals surface area (Å²) in [5, 5.41) is 21.9. The smallest absolute Gasteiger partial charge is 0.326 e. The normalized spacial score (nSPS) is 21.7. The highest BCUT2D eigenvalue weighted by molar-refractivity contribution is 5.94. The lowest BCUT2D eigenvalue weighted by atomic mass is 10.0. The Morgan fingerprint density at radius 2 is 1.63 bits per heavy atom. The molecule has 0 saturated carbocycles. The monoisotopic (exact) mass is 488 g/mol. The molecule has 2 fully saturated rings. The fraction of sp³-hybridized carbons (Fsp3) is 0.600. The molecule has 35 heavy (non-hydrogen) atoms. The number of benzene rings is 1. The van der Waals surface area contributed by atoms with Gasteiger partial charge in [-0.1, -0.05) is 26.0 Å². The minimum absolute atomic E-state index is 0.0865. The number of hydrogen-bond acceptors (Lipinski definition) is 6. The van der Waals surface area contributed by atoms with Crippen molar-refractivity contribution in [1.82, 2.24) is 15.1 Å². The molecule has 3 rings (SSSR count). The Labute approximate surface area is 205 Å². The van der Waals surface area contributed by atoms with Gasteiger partial charge in [0.2, 0.25) is 17.7 Å². The molecule has 2 aliphatic rings. The Hall–Kier alpha value is -3.14. The van der Waals surface area contributed by atoms with Crippen LogP contribution in [0, 0.1) is 5.92 Å². The van der Waals surface area contributed by atoms with E-state index in [1.54, 1.807) is 12.1 Å². The molecule has 0 radical (unpaired) electrons. The number of aliphatic carboxylic acids is 1. The number of carbonyl (C=O) groups excluding carboxylic acids is 3. The largest absolute Gasteiger partial charge is 0.508 e. The van der Waals surface area contributed by atoms with Gasteiger partial charge in [-0.25, -0.2) is 4.79 Å². The number of nitrogens with two attached hydrogens (primary N) is 1. The average molecular weight is 489 g/mol. The number of rotatable bonds is 9. The molecule has 4 unspecified atom stereocenters. The van der Waals surface area contributed by atoms with E-state index in [4.69, 9.17) is 5.73 Å². The standard InChI is InChI=1S/C25H36N4O6/c1-15(2)13-18(26)22(31)27-19(14-16-7-9-17(30)10-8-16)23(32)28-11-3-5-20(28)24(33)29-12-4-6-21(29)25(34)35/h7-10,15,18-21,30H,3-6,11-14,26H2,1-2H3,(H,27,31)(H,34,35). The van der Waals surface area contributed by atoms with Gasteiger partial charge in [0.15, 0.2) is 0 Å². The number of nitrogens with one attached hydrogen (secondary N) is 1. The van der Waals surface area contributed by atoms with Crippen LogP contribution in [0.15, 0.2) is 24.3 Å². The highest BCUT2D eigenvalue weighted by Gasteiger charge is 2.43. The van der Waals surface area contributed by atoms with E-state index in [0.29, 0.717) is 45.2 Å². The van der Waals surface area contributed by atoms with Gasteiger partial charge in [-0.05, 0) is 55.7 Å². The molecule has 0 aromatic heterocycles. The molecule has 1 aromatic rings. The number of phenolic OH excluding ortho intramolecular Hbond substituents is 1. The third kappa shape index (κ3) is 6.50. The SMILES string of the molecule is CC(C)CC(N)C(=O)NC(Cc1ccc(O)cc1)C(=O)N1CCCC1C(=O)N1CCCC1C(=O)O. The van der Waals surface area contributed by atoms with Crippen LogP contribution in [-0.4, -0.2) is 81.0 Å². The van der Waals surface area contributed by atoms with Gasteiger partial charge < -0.3 is 31.1 Å². The predicted octanol–water partition coefficient (Wildman–Crippen LogP) is 0.860. The highest BCUT2D eigenvalue weighted by atomic mass is 16.4. The first-order valence-corrected chi connectivity index (χ1v) is 12.3. The molecule has 4 atom stereocenters. The van der Waals surface area contributed by atoms with E-state index in [1.807, 2.05) is 13.8 Å². The Kier molecular flexibility index (Phi) is 8.71. The van der Waals surface area contributed by atoms with E-state index in [9.17, 15) is 29.4 Å². The number of carboxylic acid groups (broad SMARTS) is 1. The first kappa shape index (κ1) is 26.5. The van der Waals surface area contributed by atoms with Crippen molar-refractivity contribution in [3.8, 4) is 5.75 Å². The number of likely N-dealkylation sites (tertiary alicyclic amines) is 2. The molecule has 10 heteroatoms. The van der Waals surface area contributed by atoms with Crippen LogP contribution >= 0.6 is 0 Å². The second kappa shape index (κ2) is 11.5. The van der Waals surface area contributed by atoms with Gasteiger partial charge in [0.05, 0.1) is 6.04 Å². The number of hydrogen-bond donors (Lipinski definition) is 4. The van der Waals surface area contributed by atoms with Crippen LogP contribution in [-0.2, 0) is 25.6 Å². The Morgan fingerprint density at radius 3 is 2.23 bits per heavy atom. The summed E-state index contributed by atoms with van der Waals surface area (Å²) < 4.78 is 0. The van der Waals surface area contributed by atoms with Gasteiger partial charge in [0.1, 0.15) is 23.9 Å². The van der Waals surface area contributed by atoms with E-state index in [2.05, 4.69) is 5.32 Å². The molecule has 2 heterocycles. The first-order valence-electron chi connectivity index (χ1n) is 12.3. The maximum absolute atomic E-state index is 13.7. The molecule has 192 valence electrons. The molecule has 2 saturated heterocycles. The fourth-order valence-electron chi connectivity index (χ4n) is 4.93. The van der Waals surface area contributed by atoms with Crippen molar-refractivity contribution in [2.45, 2.75) is 76.5 Å². The van der Waals surface area contributed by atoms with Crippen molar-refractivity contribution in [3.05, 3.63) is 29.8 Å². The fourth-order valence-corrected chi connectivity index (χ4v) is 4.93. The summed E-state index contributed by atoms with van der Waals surface area (Å²) >= 11 is 0. The number of aromatic hydroxyl groups is 1. The van der Waals surface area contributed by atoms with Crippen LogP contribution in [0.2, 0.25) is 0 Å². The predicted molar refractivity (Wildman–Crippen MR) is 128 cm³/mol. The van der Waals surface area contributed by atoms with Crippen LogP contribution in [0.4, 0.5) is 0 Å². The molecule has 1 aromatic carbocycles. The molecule has 0 bridgehead atoms. The number of phenols is 1. The maximum atomic E-state index is 13.7. The van der Waals surface area contributed by atoms with Crippen molar-refractivity contribution < 1.29 is 29.4 Å². The van der Waals surface area contributed by atoms with Gasteiger partial charge in [-0.15, -0.1) is 0 Å². The quantitative estimate of drug-likeness (QED) is 0.402. The molecule has 0 spiro atoms. The molecular formula is C25H36N4O6. The lowest BCUT2D eigenvalue weighted by Gasteiger charge is -2.32.